The molecule has 1 aliphatic rings. The van der Waals surface area contributed by atoms with Gasteiger partial charge in [0, 0.05) is 60.3 Å². The lowest BCUT2D eigenvalue weighted by molar-refractivity contribution is -0.125. The Kier molecular flexibility index (Phi) is 12.2. The molecule has 1 saturated carbocycles. The topological polar surface area (TPSA) is 299 Å². The van der Waals surface area contributed by atoms with Crippen LogP contribution >= 0.6 is 0 Å². The monoisotopic (exact) mass is 854 g/mol. The first-order chi connectivity index (χ1) is 29.7. The van der Waals surface area contributed by atoms with Crippen LogP contribution in [0.5, 0.6) is 57.5 Å². The molecule has 4 aromatic carbocycles. The second-order valence-corrected chi connectivity index (χ2v) is 14.8. The minimum absolute atomic E-state index is 0.0185. The Hall–Kier alpha value is -7.76. The van der Waals surface area contributed by atoms with Crippen LogP contribution < -0.4 is 31.0 Å². The summed E-state index contributed by atoms with van der Waals surface area (Å²) in [4.78, 5) is 53.3. The van der Waals surface area contributed by atoms with Crippen LogP contribution in [0.15, 0.2) is 79.1 Å². The molecule has 0 radical (unpaired) electrons. The number of fused-ring (bicyclic) bond motifs is 2. The van der Waals surface area contributed by atoms with Crippen LogP contribution in [0.2, 0.25) is 0 Å². The van der Waals surface area contributed by atoms with Gasteiger partial charge in [0.05, 0.1) is 13.2 Å². The summed E-state index contributed by atoms with van der Waals surface area (Å²) in [6, 6.07) is 10.8. The van der Waals surface area contributed by atoms with E-state index in [1.54, 1.807) is 0 Å². The molecule has 6 aromatic rings. The largest absolute Gasteiger partial charge is 0.508 e. The molecule has 0 aliphatic heterocycles. The molecule has 324 valence electrons. The Labute approximate surface area is 350 Å². The highest BCUT2D eigenvalue weighted by atomic mass is 16.5. The fourth-order valence-electron chi connectivity index (χ4n) is 7.36. The van der Waals surface area contributed by atoms with Gasteiger partial charge in [-0.3, -0.25) is 19.2 Å². The van der Waals surface area contributed by atoms with Crippen molar-refractivity contribution >= 4 is 33.8 Å². The number of amides is 2. The van der Waals surface area contributed by atoms with Crippen LogP contribution in [0.4, 0.5) is 0 Å². The molecule has 2 atom stereocenters. The van der Waals surface area contributed by atoms with E-state index in [1.807, 2.05) is 0 Å². The van der Waals surface area contributed by atoms with Gasteiger partial charge in [-0.1, -0.05) is 12.8 Å². The van der Waals surface area contributed by atoms with Gasteiger partial charge in [0.15, 0.2) is 34.5 Å². The smallest absolute Gasteiger partial charge is 0.239 e. The molecule has 1 aliphatic carbocycles. The molecule has 62 heavy (non-hydrogen) atoms. The molecule has 1 fully saturated rings. The molecule has 7 rings (SSSR count). The van der Waals surface area contributed by atoms with Gasteiger partial charge in [0.25, 0.3) is 0 Å². The Bertz CT molecular complexity index is 2620. The van der Waals surface area contributed by atoms with Gasteiger partial charge in [0.1, 0.15) is 44.9 Å². The zero-order valence-electron chi connectivity index (χ0n) is 32.8. The number of hydrogen-bond donors (Lipinski definition) is 10. The number of ether oxygens (including phenoxy) is 2. The highest BCUT2D eigenvalue weighted by Gasteiger charge is 2.28. The van der Waals surface area contributed by atoms with E-state index < -0.39 is 45.4 Å². The maximum atomic E-state index is 13.5. The molecule has 1 unspecified atom stereocenters. The molecule has 2 heterocycles. The van der Waals surface area contributed by atoms with Crippen molar-refractivity contribution in [3.05, 3.63) is 81.1 Å². The Balaban J connectivity index is 0.948. The lowest BCUT2D eigenvalue weighted by atomic mass is 9.90. The minimum Gasteiger partial charge on any atom is -0.508 e. The first kappa shape index (κ1) is 42.4. The number of phenols is 8. The van der Waals surface area contributed by atoms with Crippen molar-refractivity contribution in [3.8, 4) is 80.1 Å². The van der Waals surface area contributed by atoms with E-state index in [-0.39, 0.29) is 130 Å². The van der Waals surface area contributed by atoms with Crippen molar-refractivity contribution in [2.45, 2.75) is 63.5 Å². The first-order valence-electron chi connectivity index (χ1n) is 19.6. The van der Waals surface area contributed by atoms with Crippen LogP contribution in [-0.2, 0) is 9.59 Å². The third-order valence-corrected chi connectivity index (χ3v) is 10.4. The van der Waals surface area contributed by atoms with Crippen LogP contribution in [0, 0.1) is 0 Å². The van der Waals surface area contributed by atoms with Gasteiger partial charge < -0.3 is 69.8 Å². The zero-order valence-corrected chi connectivity index (χ0v) is 32.8. The van der Waals surface area contributed by atoms with Gasteiger partial charge >= 0.3 is 0 Å². The summed E-state index contributed by atoms with van der Waals surface area (Å²) in [6.07, 6.45) is 3.09. The Morgan fingerprint density at radius 2 is 0.952 bits per heavy atom. The second-order valence-electron chi connectivity index (χ2n) is 14.8. The van der Waals surface area contributed by atoms with Crippen LogP contribution in [0.1, 0.15) is 51.4 Å². The molecule has 0 spiro atoms. The number of rotatable bonds is 14. The van der Waals surface area contributed by atoms with Gasteiger partial charge in [-0.2, -0.15) is 0 Å². The number of carbonyl (C=O) groups excluding carboxylic acids is 2. The lowest BCUT2D eigenvalue weighted by Gasteiger charge is -2.33. The standard InChI is InChI=1S/C44H42N2O16/c47-23-17-31(53)37-33(19-23)61-41(21-9-11-27(49)29(51)15-21)43(39(37)57)59-13-3-7-35(55)45-25-5-1-2-6-26(25)46-36(56)8-4-14-60-44-40(58)38-32(54)18-24(48)20-34(38)62-42(44)22-10-12-28(50)30(52)16-22/h9-12,15-20,25-26,47-54H,1-8,13-14H2,(H,45,55)(H,46,56)/t25-,26?/m0/s1. The van der Waals surface area contributed by atoms with Crippen LogP contribution in [0.3, 0.4) is 0 Å². The van der Waals surface area contributed by atoms with Crippen LogP contribution in [-0.4, -0.2) is 78.0 Å². The maximum absolute atomic E-state index is 13.5. The Morgan fingerprint density at radius 1 is 0.548 bits per heavy atom. The summed E-state index contributed by atoms with van der Waals surface area (Å²) in [5.74, 6) is -5.30. The molecule has 18 nitrogen and oxygen atoms in total. The van der Waals surface area contributed by atoms with Gasteiger partial charge in [-0.05, 0) is 62.1 Å². The number of aromatic hydroxyl groups is 8. The fraction of sp³-hybridized carbons (Fsp3) is 0.273. The number of phenolic OH excluding ortho intramolecular Hbond substituents is 8. The third kappa shape index (κ3) is 9.03. The number of carbonyl (C=O) groups is 2. The molecule has 2 amide bonds. The predicted octanol–water partition coefficient (Wildman–Crippen LogP) is 5.44. The molecule has 0 bridgehead atoms. The van der Waals surface area contributed by atoms with E-state index >= 15 is 0 Å². The maximum Gasteiger partial charge on any atom is 0.239 e. The number of nitrogens with one attached hydrogen (secondary N) is 2. The third-order valence-electron chi connectivity index (χ3n) is 10.4. The van der Waals surface area contributed by atoms with Crippen molar-refractivity contribution in [2.75, 3.05) is 13.2 Å². The lowest BCUT2D eigenvalue weighted by Crippen LogP contribution is -2.53. The molecule has 2 aromatic heterocycles. The summed E-state index contributed by atoms with van der Waals surface area (Å²) in [5.41, 5.74) is -1.57. The average Bonchev–Trinajstić information content (AvgIpc) is 3.21. The first-order valence-corrected chi connectivity index (χ1v) is 19.6. The number of benzene rings is 4. The second kappa shape index (κ2) is 17.8. The molecule has 18 heteroatoms. The van der Waals surface area contributed by atoms with E-state index in [0.717, 1.165) is 49.2 Å². The van der Waals surface area contributed by atoms with Crippen molar-refractivity contribution < 1.29 is 68.7 Å². The van der Waals surface area contributed by atoms with Crippen molar-refractivity contribution in [1.82, 2.24) is 10.6 Å². The normalized spacial score (nSPS) is 15.0. The van der Waals surface area contributed by atoms with E-state index in [2.05, 4.69) is 10.6 Å². The average molecular weight is 855 g/mol. The fourth-order valence-corrected chi connectivity index (χ4v) is 7.36. The van der Waals surface area contributed by atoms with Crippen molar-refractivity contribution in [1.29, 1.82) is 0 Å². The zero-order chi connectivity index (χ0) is 44.2. The van der Waals surface area contributed by atoms with Gasteiger partial charge in [-0.15, -0.1) is 0 Å². The highest BCUT2D eigenvalue weighted by molar-refractivity contribution is 5.89. The van der Waals surface area contributed by atoms with E-state index in [4.69, 9.17) is 18.3 Å². The Morgan fingerprint density at radius 3 is 1.34 bits per heavy atom. The van der Waals surface area contributed by atoms with Crippen LogP contribution in [0.25, 0.3) is 44.6 Å². The molecular weight excluding hydrogens is 812 g/mol. The van der Waals surface area contributed by atoms with E-state index in [9.17, 15) is 60.0 Å². The predicted molar refractivity (Wildman–Crippen MR) is 221 cm³/mol. The summed E-state index contributed by atoms with van der Waals surface area (Å²) >= 11 is 0. The van der Waals surface area contributed by atoms with Crippen molar-refractivity contribution in [3.63, 3.8) is 0 Å². The van der Waals surface area contributed by atoms with Gasteiger partial charge in [-0.25, -0.2) is 0 Å². The van der Waals surface area contributed by atoms with Gasteiger partial charge in [0.2, 0.25) is 34.2 Å². The summed E-state index contributed by atoms with van der Waals surface area (Å²) in [7, 11) is 0. The SMILES string of the molecule is O=C(CCCOc1c(-c2ccc(O)c(O)c2)oc2cc(O)cc(O)c2c1=O)NC1CCCC[C@@H]1NC(=O)CCCOc1c(-c2ccc(O)c(O)c2)oc2cc(O)cc(O)c2c1=O. The van der Waals surface area contributed by atoms with E-state index in [0.29, 0.717) is 12.8 Å². The molecular formula is C44H42N2O16. The van der Waals surface area contributed by atoms with E-state index in [1.165, 1.54) is 24.3 Å². The summed E-state index contributed by atoms with van der Waals surface area (Å²) in [6.45, 7) is -0.283. The molecule has 10 N–H and O–H groups in total. The quantitative estimate of drug-likeness (QED) is 0.0482. The summed E-state index contributed by atoms with van der Waals surface area (Å²) in [5, 5.41) is 86.0. The summed E-state index contributed by atoms with van der Waals surface area (Å²) < 4.78 is 23.3. The molecule has 0 saturated heterocycles. The number of hydrogen-bond acceptors (Lipinski definition) is 16. The van der Waals surface area contributed by atoms with Crippen molar-refractivity contribution in [2.24, 2.45) is 0 Å². The highest BCUT2D eigenvalue weighted by Crippen LogP contribution is 2.40. The minimum atomic E-state index is -0.773.